The highest BCUT2D eigenvalue weighted by molar-refractivity contribution is 5.89. The van der Waals surface area contributed by atoms with E-state index in [9.17, 15) is 14.7 Å². The van der Waals surface area contributed by atoms with Crippen LogP contribution in [0, 0.1) is 12.3 Å². The fourth-order valence-corrected chi connectivity index (χ4v) is 3.92. The van der Waals surface area contributed by atoms with E-state index in [-0.39, 0.29) is 12.5 Å². The van der Waals surface area contributed by atoms with Crippen molar-refractivity contribution in [2.24, 2.45) is 5.41 Å². The van der Waals surface area contributed by atoms with Crippen molar-refractivity contribution in [2.75, 3.05) is 6.54 Å². The molecule has 0 aliphatic heterocycles. The summed E-state index contributed by atoms with van der Waals surface area (Å²) in [4.78, 5) is 24.4. The summed E-state index contributed by atoms with van der Waals surface area (Å²) in [5.74, 6) is -0.773. The quantitative estimate of drug-likeness (QED) is 0.877. The Kier molecular flexibility index (Phi) is 4.17. The molecule has 0 atom stereocenters. The van der Waals surface area contributed by atoms with E-state index in [1.165, 1.54) is 6.42 Å². The minimum atomic E-state index is -0.786. The van der Waals surface area contributed by atoms with Crippen molar-refractivity contribution in [3.8, 4) is 0 Å². The van der Waals surface area contributed by atoms with Crippen LogP contribution in [-0.4, -0.2) is 23.5 Å². The van der Waals surface area contributed by atoms with E-state index in [0.717, 1.165) is 36.8 Å². The molecule has 1 amide bonds. The molecule has 2 saturated carbocycles. The summed E-state index contributed by atoms with van der Waals surface area (Å²) in [7, 11) is 0. The topological polar surface area (TPSA) is 66.4 Å². The zero-order valence-electron chi connectivity index (χ0n) is 13.7. The first-order valence-electron chi connectivity index (χ1n) is 8.58. The predicted octanol–water partition coefficient (Wildman–Crippen LogP) is 3.18. The van der Waals surface area contributed by atoms with Crippen LogP contribution < -0.4 is 5.32 Å². The number of aryl methyl sites for hydroxylation is 1. The van der Waals surface area contributed by atoms with E-state index in [1.807, 2.05) is 12.1 Å². The van der Waals surface area contributed by atoms with Crippen molar-refractivity contribution in [1.82, 2.24) is 5.32 Å². The zero-order valence-corrected chi connectivity index (χ0v) is 13.7. The zero-order chi connectivity index (χ0) is 16.5. The van der Waals surface area contributed by atoms with Gasteiger partial charge in [-0.05, 0) is 43.7 Å². The second kappa shape index (κ2) is 5.99. The van der Waals surface area contributed by atoms with Crippen molar-refractivity contribution in [3.05, 3.63) is 35.4 Å². The van der Waals surface area contributed by atoms with Crippen molar-refractivity contribution in [1.29, 1.82) is 0 Å². The van der Waals surface area contributed by atoms with Crippen molar-refractivity contribution in [2.45, 2.75) is 57.3 Å². The summed E-state index contributed by atoms with van der Waals surface area (Å²) in [5, 5.41) is 12.3. The monoisotopic (exact) mass is 315 g/mol. The number of carboxylic acid groups (broad SMARTS) is 1. The molecule has 0 spiro atoms. The van der Waals surface area contributed by atoms with Crippen LogP contribution in [-0.2, 0) is 15.0 Å². The largest absolute Gasteiger partial charge is 0.481 e. The van der Waals surface area contributed by atoms with E-state index in [4.69, 9.17) is 0 Å². The summed E-state index contributed by atoms with van der Waals surface area (Å²) in [6.07, 6.45) is 6.30. The van der Waals surface area contributed by atoms with Gasteiger partial charge < -0.3 is 10.4 Å². The second-order valence-electron chi connectivity index (χ2n) is 7.23. The van der Waals surface area contributed by atoms with Gasteiger partial charge in [0.1, 0.15) is 0 Å². The number of hydrogen-bond acceptors (Lipinski definition) is 2. The van der Waals surface area contributed by atoms with Gasteiger partial charge >= 0.3 is 5.97 Å². The maximum Gasteiger partial charge on any atom is 0.311 e. The lowest BCUT2D eigenvalue weighted by molar-refractivity contribution is -0.143. The predicted molar refractivity (Wildman–Crippen MR) is 88.3 cm³/mol. The highest BCUT2D eigenvalue weighted by atomic mass is 16.4. The first-order valence-corrected chi connectivity index (χ1v) is 8.58. The standard InChI is InChI=1S/C19H25NO3/c1-14-7-3-4-8-15(14)19(9-5-2-6-10-19)16(21)20-13-18(11-12-18)17(22)23/h3-4,7-8H,2,5-6,9-13H2,1H3,(H,20,21)(H,22,23). The van der Waals surface area contributed by atoms with E-state index < -0.39 is 16.8 Å². The van der Waals surface area contributed by atoms with Gasteiger partial charge in [0, 0.05) is 6.54 Å². The third kappa shape index (κ3) is 2.87. The summed E-state index contributed by atoms with van der Waals surface area (Å²) < 4.78 is 0. The van der Waals surface area contributed by atoms with E-state index in [2.05, 4.69) is 24.4 Å². The Morgan fingerprint density at radius 1 is 1.09 bits per heavy atom. The number of carbonyl (C=O) groups excluding carboxylic acids is 1. The number of carboxylic acids is 1. The van der Waals surface area contributed by atoms with Crippen molar-refractivity contribution >= 4 is 11.9 Å². The minimum absolute atomic E-state index is 0.0130. The molecule has 0 aromatic heterocycles. The number of hydrogen-bond donors (Lipinski definition) is 2. The molecule has 124 valence electrons. The van der Waals surface area contributed by atoms with Gasteiger partial charge in [0.2, 0.25) is 5.91 Å². The highest BCUT2D eigenvalue weighted by Crippen LogP contribution is 2.46. The lowest BCUT2D eigenvalue weighted by Gasteiger charge is -2.37. The molecule has 4 nitrogen and oxygen atoms in total. The number of rotatable bonds is 5. The summed E-state index contributed by atoms with van der Waals surface area (Å²) >= 11 is 0. The number of amides is 1. The SMILES string of the molecule is Cc1ccccc1C1(C(=O)NCC2(C(=O)O)CC2)CCCCC1. The molecular weight excluding hydrogens is 290 g/mol. The molecule has 23 heavy (non-hydrogen) atoms. The second-order valence-corrected chi connectivity index (χ2v) is 7.23. The lowest BCUT2D eigenvalue weighted by atomic mass is 9.67. The van der Waals surface area contributed by atoms with Gasteiger partial charge in [0.15, 0.2) is 0 Å². The van der Waals surface area contributed by atoms with E-state index in [1.54, 1.807) is 0 Å². The Balaban J connectivity index is 1.83. The molecule has 2 N–H and O–H groups in total. The van der Waals surface area contributed by atoms with Gasteiger partial charge in [-0.3, -0.25) is 9.59 Å². The maximum absolute atomic E-state index is 13.1. The van der Waals surface area contributed by atoms with E-state index in [0.29, 0.717) is 12.8 Å². The third-order valence-electron chi connectivity index (χ3n) is 5.70. The molecule has 4 heteroatoms. The normalized spacial score (nSPS) is 21.4. The average molecular weight is 315 g/mol. The maximum atomic E-state index is 13.1. The Labute approximate surface area is 137 Å². The fraction of sp³-hybridized carbons (Fsp3) is 0.579. The van der Waals surface area contributed by atoms with Crippen LogP contribution in [0.15, 0.2) is 24.3 Å². The van der Waals surface area contributed by atoms with Gasteiger partial charge in [-0.25, -0.2) is 0 Å². The molecule has 2 aliphatic carbocycles. The molecule has 0 bridgehead atoms. The summed E-state index contributed by atoms with van der Waals surface area (Å²) in [6.45, 7) is 2.31. The molecular formula is C19H25NO3. The van der Waals surface area contributed by atoms with Crippen LogP contribution in [0.3, 0.4) is 0 Å². The first-order chi connectivity index (χ1) is 11.0. The van der Waals surface area contributed by atoms with Gasteiger partial charge in [0.25, 0.3) is 0 Å². The Hall–Kier alpha value is -1.84. The molecule has 0 unspecified atom stereocenters. The number of aliphatic carboxylic acids is 1. The molecule has 2 aliphatic rings. The Bertz CT molecular complexity index is 613. The van der Waals surface area contributed by atoms with Crippen LogP contribution in [0.4, 0.5) is 0 Å². The Morgan fingerprint density at radius 2 is 1.74 bits per heavy atom. The molecule has 1 aromatic rings. The van der Waals surface area contributed by atoms with Gasteiger partial charge in [-0.2, -0.15) is 0 Å². The van der Waals surface area contributed by atoms with Crippen molar-refractivity contribution in [3.63, 3.8) is 0 Å². The van der Waals surface area contributed by atoms with Gasteiger partial charge in [-0.15, -0.1) is 0 Å². The average Bonchev–Trinajstić information content (AvgIpc) is 3.35. The molecule has 3 rings (SSSR count). The van der Waals surface area contributed by atoms with Gasteiger partial charge in [-0.1, -0.05) is 43.5 Å². The van der Waals surface area contributed by atoms with E-state index >= 15 is 0 Å². The third-order valence-corrected chi connectivity index (χ3v) is 5.70. The van der Waals surface area contributed by atoms with Crippen LogP contribution in [0.5, 0.6) is 0 Å². The van der Waals surface area contributed by atoms with Gasteiger partial charge in [0.05, 0.1) is 10.8 Å². The summed E-state index contributed by atoms with van der Waals surface area (Å²) in [5.41, 5.74) is 1.05. The molecule has 0 saturated heterocycles. The molecule has 0 radical (unpaired) electrons. The molecule has 2 fully saturated rings. The fourth-order valence-electron chi connectivity index (χ4n) is 3.92. The van der Waals surface area contributed by atoms with Crippen LogP contribution in [0.2, 0.25) is 0 Å². The number of carbonyl (C=O) groups is 2. The Morgan fingerprint density at radius 3 is 2.30 bits per heavy atom. The molecule has 1 aromatic carbocycles. The van der Waals surface area contributed by atoms with Crippen LogP contribution >= 0.6 is 0 Å². The van der Waals surface area contributed by atoms with Crippen molar-refractivity contribution < 1.29 is 14.7 Å². The van der Waals surface area contributed by atoms with Crippen LogP contribution in [0.1, 0.15) is 56.1 Å². The minimum Gasteiger partial charge on any atom is -0.481 e. The highest BCUT2D eigenvalue weighted by Gasteiger charge is 2.51. The van der Waals surface area contributed by atoms with Crippen LogP contribution in [0.25, 0.3) is 0 Å². The smallest absolute Gasteiger partial charge is 0.311 e. The number of nitrogens with one attached hydrogen (secondary N) is 1. The first kappa shape index (κ1) is 16.0. The molecule has 0 heterocycles. The summed E-state index contributed by atoms with van der Waals surface area (Å²) in [6, 6.07) is 8.10. The number of benzene rings is 1. The lowest BCUT2D eigenvalue weighted by Crippen LogP contribution is -2.48.